The summed E-state index contributed by atoms with van der Waals surface area (Å²) in [5, 5.41) is 2.68. The van der Waals surface area contributed by atoms with E-state index >= 15 is 0 Å². The molecular weight excluding hydrogens is 386 g/mol. The van der Waals surface area contributed by atoms with Crippen molar-refractivity contribution < 1.29 is 37.4 Å². The van der Waals surface area contributed by atoms with Crippen LogP contribution in [0.25, 0.3) is 0 Å². The number of likely N-dealkylation sites (N-methyl/N-ethyl adjacent to an activating group) is 1. The van der Waals surface area contributed by atoms with Crippen molar-refractivity contribution in [3.8, 4) is 23.0 Å². The summed E-state index contributed by atoms with van der Waals surface area (Å²) in [5.41, 5.74) is 1.34. The number of carbonyl (C=O) groups excluding carboxylic acids is 1. The molecule has 2 N–H and O–H groups in total. The van der Waals surface area contributed by atoms with E-state index in [1.807, 2.05) is 32.2 Å². The van der Waals surface area contributed by atoms with Gasteiger partial charge in [-0.15, -0.1) is 8.78 Å². The van der Waals surface area contributed by atoms with Gasteiger partial charge in [0.1, 0.15) is 6.54 Å². The van der Waals surface area contributed by atoms with Crippen LogP contribution < -0.4 is 29.2 Å². The standard InChI is InChI=1S/C20H22F2N2O5/c1-4-27-15-7-5-13(9-17(15)26-3)11-24(2)12-19(25)23-14-6-8-16-18(10-14)29-20(21,22)28-16/h5-10H,4,11-12H2,1-3H3,(H,23,25)/p+1. The second-order valence-electron chi connectivity index (χ2n) is 6.61. The summed E-state index contributed by atoms with van der Waals surface area (Å²) < 4.78 is 45.7. The number of anilines is 1. The van der Waals surface area contributed by atoms with Crippen LogP contribution in [0.5, 0.6) is 23.0 Å². The molecule has 9 heteroatoms. The van der Waals surface area contributed by atoms with Gasteiger partial charge in [-0.25, -0.2) is 0 Å². The molecule has 0 radical (unpaired) electrons. The Kier molecular flexibility index (Phi) is 6.07. The van der Waals surface area contributed by atoms with Gasteiger partial charge in [0.15, 0.2) is 29.5 Å². The van der Waals surface area contributed by atoms with Crippen LogP contribution in [0.3, 0.4) is 0 Å². The molecule has 0 saturated heterocycles. The minimum atomic E-state index is -3.69. The molecule has 1 aliphatic heterocycles. The molecule has 1 unspecified atom stereocenters. The molecule has 1 aliphatic rings. The molecule has 0 bridgehead atoms. The lowest BCUT2D eigenvalue weighted by Gasteiger charge is -2.16. The number of benzene rings is 2. The summed E-state index contributed by atoms with van der Waals surface area (Å²) in [7, 11) is 3.45. The molecule has 7 nitrogen and oxygen atoms in total. The van der Waals surface area contributed by atoms with Crippen molar-refractivity contribution in [1.29, 1.82) is 0 Å². The van der Waals surface area contributed by atoms with E-state index in [0.29, 0.717) is 30.3 Å². The molecule has 0 saturated carbocycles. The Morgan fingerprint density at radius 2 is 1.90 bits per heavy atom. The normalized spacial score (nSPS) is 14.9. The van der Waals surface area contributed by atoms with E-state index in [1.54, 1.807) is 7.11 Å². The molecule has 0 spiro atoms. The fourth-order valence-corrected chi connectivity index (χ4v) is 3.01. The van der Waals surface area contributed by atoms with E-state index in [9.17, 15) is 13.6 Å². The summed E-state index contributed by atoms with van der Waals surface area (Å²) in [4.78, 5) is 13.2. The Morgan fingerprint density at radius 3 is 2.62 bits per heavy atom. The minimum absolute atomic E-state index is 0.0693. The zero-order valence-corrected chi connectivity index (χ0v) is 16.4. The van der Waals surface area contributed by atoms with Crippen LogP contribution in [0.15, 0.2) is 36.4 Å². The third-order valence-electron chi connectivity index (χ3n) is 4.18. The molecule has 1 heterocycles. The van der Waals surface area contributed by atoms with Gasteiger partial charge in [0, 0.05) is 17.3 Å². The summed E-state index contributed by atoms with van der Waals surface area (Å²) in [6, 6.07) is 9.76. The van der Waals surface area contributed by atoms with Gasteiger partial charge in [0.2, 0.25) is 0 Å². The fraction of sp³-hybridized carbons (Fsp3) is 0.350. The number of methoxy groups -OCH3 is 1. The van der Waals surface area contributed by atoms with Gasteiger partial charge < -0.3 is 29.2 Å². The maximum Gasteiger partial charge on any atom is 0.586 e. The molecule has 29 heavy (non-hydrogen) atoms. The highest BCUT2D eigenvalue weighted by Crippen LogP contribution is 2.42. The van der Waals surface area contributed by atoms with E-state index < -0.39 is 6.29 Å². The Bertz CT molecular complexity index is 891. The Morgan fingerprint density at radius 1 is 1.14 bits per heavy atom. The number of carbonyl (C=O) groups is 1. The van der Waals surface area contributed by atoms with Gasteiger partial charge in [0.25, 0.3) is 5.91 Å². The van der Waals surface area contributed by atoms with Crippen LogP contribution in [0.1, 0.15) is 12.5 Å². The number of alkyl halides is 2. The first kappa shape index (κ1) is 20.7. The maximum atomic E-state index is 13.1. The van der Waals surface area contributed by atoms with Gasteiger partial charge in [-0.2, -0.15) is 0 Å². The highest BCUT2D eigenvalue weighted by Gasteiger charge is 2.43. The number of quaternary nitrogens is 1. The van der Waals surface area contributed by atoms with Gasteiger partial charge in [0.05, 0.1) is 20.8 Å². The second kappa shape index (κ2) is 8.52. The molecule has 1 amide bonds. The van der Waals surface area contributed by atoms with E-state index in [-0.39, 0.29) is 24.0 Å². The average Bonchev–Trinajstić information content (AvgIpc) is 2.96. The zero-order valence-electron chi connectivity index (χ0n) is 16.4. The zero-order chi connectivity index (χ0) is 21.0. The van der Waals surface area contributed by atoms with Crippen molar-refractivity contribution in [2.45, 2.75) is 19.8 Å². The summed E-state index contributed by atoms with van der Waals surface area (Å²) >= 11 is 0. The third-order valence-corrected chi connectivity index (χ3v) is 4.18. The van der Waals surface area contributed by atoms with E-state index in [2.05, 4.69) is 14.8 Å². The number of ether oxygens (including phenoxy) is 4. The van der Waals surface area contributed by atoms with Crippen LogP contribution >= 0.6 is 0 Å². The first-order chi connectivity index (χ1) is 13.8. The molecule has 156 valence electrons. The summed E-state index contributed by atoms with van der Waals surface area (Å²) in [6.45, 7) is 3.21. The minimum Gasteiger partial charge on any atom is -0.493 e. The lowest BCUT2D eigenvalue weighted by molar-refractivity contribution is -0.885. The number of rotatable bonds is 8. The number of halogens is 2. The van der Waals surface area contributed by atoms with Gasteiger partial charge in [-0.1, -0.05) is 0 Å². The molecule has 0 aromatic heterocycles. The van der Waals surface area contributed by atoms with Crippen LogP contribution in [0.4, 0.5) is 14.5 Å². The van der Waals surface area contributed by atoms with Gasteiger partial charge in [-0.05, 0) is 37.3 Å². The smallest absolute Gasteiger partial charge is 0.493 e. The molecule has 0 fully saturated rings. The third kappa shape index (κ3) is 5.26. The van der Waals surface area contributed by atoms with E-state index in [4.69, 9.17) is 9.47 Å². The first-order valence-electron chi connectivity index (χ1n) is 9.10. The second-order valence-corrected chi connectivity index (χ2v) is 6.61. The Hall–Kier alpha value is -3.07. The van der Waals surface area contributed by atoms with Crippen LogP contribution in [0, 0.1) is 0 Å². The largest absolute Gasteiger partial charge is 0.586 e. The van der Waals surface area contributed by atoms with E-state index in [0.717, 1.165) is 10.5 Å². The predicted molar refractivity (Wildman–Crippen MR) is 101 cm³/mol. The van der Waals surface area contributed by atoms with Crippen molar-refractivity contribution in [2.75, 3.05) is 32.6 Å². The molecule has 0 aliphatic carbocycles. The molecule has 1 atom stereocenters. The SMILES string of the molecule is CCOc1ccc(C[NH+](C)CC(=O)Nc2ccc3c(c2)OC(F)(F)O3)cc1OC. The van der Waals surface area contributed by atoms with Crippen LogP contribution in [-0.4, -0.2) is 39.5 Å². The predicted octanol–water partition coefficient (Wildman–Crippen LogP) is 2.07. The van der Waals surface area contributed by atoms with Crippen molar-refractivity contribution in [2.24, 2.45) is 0 Å². The highest BCUT2D eigenvalue weighted by atomic mass is 19.3. The summed E-state index contributed by atoms with van der Waals surface area (Å²) in [6.07, 6.45) is -3.69. The molecule has 3 rings (SSSR count). The average molecular weight is 409 g/mol. The number of nitrogens with one attached hydrogen (secondary N) is 2. The van der Waals surface area contributed by atoms with Gasteiger partial charge in [-0.3, -0.25) is 4.79 Å². The van der Waals surface area contributed by atoms with Crippen LogP contribution in [0.2, 0.25) is 0 Å². The summed E-state index contributed by atoms with van der Waals surface area (Å²) in [5.74, 6) is 0.863. The Balaban J connectivity index is 1.56. The highest BCUT2D eigenvalue weighted by molar-refractivity contribution is 5.91. The van der Waals surface area contributed by atoms with Crippen LogP contribution in [-0.2, 0) is 11.3 Å². The number of hydrogen-bond acceptors (Lipinski definition) is 5. The van der Waals surface area contributed by atoms with Crippen molar-refractivity contribution in [3.63, 3.8) is 0 Å². The number of amides is 1. The quantitative estimate of drug-likeness (QED) is 0.699. The Labute approximate surface area is 167 Å². The molecular formula is C20H23F2N2O5+. The lowest BCUT2D eigenvalue weighted by atomic mass is 10.2. The number of fused-ring (bicyclic) bond motifs is 1. The molecule has 2 aromatic carbocycles. The number of hydrogen-bond donors (Lipinski definition) is 2. The van der Waals surface area contributed by atoms with Crippen molar-refractivity contribution in [1.82, 2.24) is 0 Å². The maximum absolute atomic E-state index is 13.1. The molecule has 2 aromatic rings. The van der Waals surface area contributed by atoms with Crippen molar-refractivity contribution in [3.05, 3.63) is 42.0 Å². The van der Waals surface area contributed by atoms with Gasteiger partial charge >= 0.3 is 6.29 Å². The van der Waals surface area contributed by atoms with Crippen molar-refractivity contribution >= 4 is 11.6 Å². The first-order valence-corrected chi connectivity index (χ1v) is 9.10. The van der Waals surface area contributed by atoms with E-state index in [1.165, 1.54) is 18.2 Å². The fourth-order valence-electron chi connectivity index (χ4n) is 3.01. The lowest BCUT2D eigenvalue weighted by Crippen LogP contribution is -3.08. The topological polar surface area (TPSA) is 70.5 Å². The monoisotopic (exact) mass is 409 g/mol.